The average molecular weight is 393 g/mol. The zero-order valence-corrected chi connectivity index (χ0v) is 14.6. The van der Waals surface area contributed by atoms with Crippen LogP contribution in [-0.4, -0.2) is 43.9 Å². The largest absolute Gasteiger partial charge is 0.416 e. The van der Waals surface area contributed by atoms with Gasteiger partial charge in [0.15, 0.2) is 9.84 Å². The summed E-state index contributed by atoms with van der Waals surface area (Å²) in [6.45, 7) is 1.39. The summed E-state index contributed by atoms with van der Waals surface area (Å²) >= 11 is 0. The van der Waals surface area contributed by atoms with Gasteiger partial charge in [0.05, 0.1) is 17.1 Å². The fraction of sp³-hybridized carbons (Fsp3) is 0.467. The van der Waals surface area contributed by atoms with Crippen molar-refractivity contribution in [2.75, 3.05) is 16.8 Å². The first-order valence-electron chi connectivity index (χ1n) is 7.72. The third kappa shape index (κ3) is 5.61. The Labute approximate surface area is 148 Å². The van der Waals surface area contributed by atoms with E-state index in [-0.39, 0.29) is 17.2 Å². The Kier molecular flexibility index (Phi) is 5.79. The van der Waals surface area contributed by atoms with Crippen LogP contribution in [0.2, 0.25) is 0 Å². The van der Waals surface area contributed by atoms with Crippen LogP contribution in [0.3, 0.4) is 0 Å². The molecule has 2 atom stereocenters. The molecule has 1 aliphatic heterocycles. The van der Waals surface area contributed by atoms with E-state index in [0.717, 1.165) is 24.3 Å². The van der Waals surface area contributed by atoms with Gasteiger partial charge in [-0.15, -0.1) is 0 Å². The quantitative estimate of drug-likeness (QED) is 0.721. The molecule has 1 aromatic rings. The van der Waals surface area contributed by atoms with Gasteiger partial charge in [-0.3, -0.25) is 4.79 Å². The second-order valence-electron chi connectivity index (χ2n) is 6.00. The highest BCUT2D eigenvalue weighted by Gasteiger charge is 2.31. The summed E-state index contributed by atoms with van der Waals surface area (Å²) in [4.78, 5) is 23.8. The molecule has 0 aromatic heterocycles. The number of carbonyl (C=O) groups is 2. The van der Waals surface area contributed by atoms with E-state index in [1.54, 1.807) is 0 Å². The minimum atomic E-state index is -4.47. The number of sulfone groups is 1. The average Bonchev–Trinajstić information content (AvgIpc) is 2.85. The number of amides is 3. The van der Waals surface area contributed by atoms with Crippen LogP contribution in [0.5, 0.6) is 0 Å². The van der Waals surface area contributed by atoms with Crippen LogP contribution in [-0.2, 0) is 20.8 Å². The zero-order chi connectivity index (χ0) is 19.5. The maximum absolute atomic E-state index is 12.5. The van der Waals surface area contributed by atoms with Gasteiger partial charge in [-0.05, 0) is 37.6 Å². The monoisotopic (exact) mass is 393 g/mol. The number of urea groups is 1. The van der Waals surface area contributed by atoms with E-state index < -0.39 is 45.6 Å². The highest BCUT2D eigenvalue weighted by molar-refractivity contribution is 7.91. The van der Waals surface area contributed by atoms with Crippen LogP contribution in [0, 0.1) is 0 Å². The highest BCUT2D eigenvalue weighted by atomic mass is 32.2. The Bertz CT molecular complexity index is 778. The van der Waals surface area contributed by atoms with Crippen molar-refractivity contribution < 1.29 is 31.2 Å². The van der Waals surface area contributed by atoms with Gasteiger partial charge >= 0.3 is 12.2 Å². The van der Waals surface area contributed by atoms with Crippen LogP contribution < -0.4 is 16.0 Å². The number of hydrogen-bond acceptors (Lipinski definition) is 4. The smallest absolute Gasteiger partial charge is 0.334 e. The highest BCUT2D eigenvalue weighted by Crippen LogP contribution is 2.29. The zero-order valence-electron chi connectivity index (χ0n) is 13.8. The summed E-state index contributed by atoms with van der Waals surface area (Å²) in [5, 5.41) is 7.21. The molecule has 1 heterocycles. The van der Waals surface area contributed by atoms with Crippen molar-refractivity contribution in [1.82, 2.24) is 10.6 Å². The molecule has 0 saturated carbocycles. The maximum Gasteiger partial charge on any atom is 0.416 e. The Morgan fingerprint density at radius 1 is 1.19 bits per heavy atom. The predicted octanol–water partition coefficient (Wildman–Crippen LogP) is 1.52. The third-order valence-corrected chi connectivity index (χ3v) is 5.56. The van der Waals surface area contributed by atoms with Gasteiger partial charge in [-0.25, -0.2) is 13.2 Å². The molecule has 1 aromatic carbocycles. The van der Waals surface area contributed by atoms with E-state index in [1.807, 2.05) is 0 Å². The molecule has 144 valence electrons. The number of alkyl halides is 3. The molecular formula is C15H18F3N3O4S. The maximum atomic E-state index is 12.5. The molecule has 1 fully saturated rings. The number of carbonyl (C=O) groups excluding carboxylic acids is 2. The molecule has 7 nitrogen and oxygen atoms in total. The lowest BCUT2D eigenvalue weighted by Crippen LogP contribution is -2.49. The molecule has 3 amide bonds. The lowest BCUT2D eigenvalue weighted by atomic mass is 10.2. The van der Waals surface area contributed by atoms with Crippen LogP contribution in [0.15, 0.2) is 24.3 Å². The molecule has 0 aliphatic carbocycles. The Hall–Kier alpha value is -2.30. The first kappa shape index (κ1) is 20.0. The first-order chi connectivity index (χ1) is 12.0. The van der Waals surface area contributed by atoms with E-state index >= 15 is 0 Å². The van der Waals surface area contributed by atoms with Crippen molar-refractivity contribution in [1.29, 1.82) is 0 Å². The van der Waals surface area contributed by atoms with Crippen molar-refractivity contribution in [3.8, 4) is 0 Å². The van der Waals surface area contributed by atoms with Crippen molar-refractivity contribution >= 4 is 27.5 Å². The van der Waals surface area contributed by atoms with E-state index in [9.17, 15) is 31.2 Å². The number of halogens is 3. The number of hydrogen-bond donors (Lipinski definition) is 3. The minimum Gasteiger partial charge on any atom is -0.334 e. The van der Waals surface area contributed by atoms with Gasteiger partial charge in [0.1, 0.15) is 6.04 Å². The van der Waals surface area contributed by atoms with Gasteiger partial charge in [-0.2, -0.15) is 13.2 Å². The normalized spacial score (nSPS) is 20.2. The van der Waals surface area contributed by atoms with Crippen LogP contribution in [0.4, 0.5) is 23.7 Å². The molecule has 0 spiro atoms. The topological polar surface area (TPSA) is 104 Å². The van der Waals surface area contributed by atoms with Crippen LogP contribution in [0.25, 0.3) is 0 Å². The van der Waals surface area contributed by atoms with Gasteiger partial charge in [0.2, 0.25) is 5.91 Å². The lowest BCUT2D eigenvalue weighted by Gasteiger charge is -2.17. The van der Waals surface area contributed by atoms with Gasteiger partial charge in [-0.1, -0.05) is 0 Å². The van der Waals surface area contributed by atoms with Gasteiger partial charge < -0.3 is 16.0 Å². The fourth-order valence-corrected chi connectivity index (χ4v) is 4.06. The number of anilines is 1. The summed E-state index contributed by atoms with van der Waals surface area (Å²) in [5.74, 6) is -0.770. The summed E-state index contributed by atoms with van der Waals surface area (Å²) < 4.78 is 60.1. The molecular weight excluding hydrogens is 375 g/mol. The van der Waals surface area contributed by atoms with E-state index in [4.69, 9.17) is 0 Å². The molecule has 1 saturated heterocycles. The lowest BCUT2D eigenvalue weighted by molar-refractivity contribution is -0.137. The van der Waals surface area contributed by atoms with E-state index in [0.29, 0.717) is 6.42 Å². The second-order valence-corrected chi connectivity index (χ2v) is 8.23. The van der Waals surface area contributed by atoms with Gasteiger partial charge in [0.25, 0.3) is 0 Å². The Morgan fingerprint density at radius 3 is 2.31 bits per heavy atom. The molecule has 0 bridgehead atoms. The van der Waals surface area contributed by atoms with Crippen molar-refractivity contribution in [2.24, 2.45) is 0 Å². The predicted molar refractivity (Wildman–Crippen MR) is 88.3 cm³/mol. The molecule has 0 radical (unpaired) electrons. The molecule has 1 aliphatic rings. The van der Waals surface area contributed by atoms with Crippen molar-refractivity contribution in [3.05, 3.63) is 29.8 Å². The molecule has 26 heavy (non-hydrogen) atoms. The molecule has 11 heteroatoms. The van der Waals surface area contributed by atoms with E-state index in [1.165, 1.54) is 6.92 Å². The number of benzene rings is 1. The summed E-state index contributed by atoms with van der Waals surface area (Å²) in [6, 6.07) is 1.71. The Balaban J connectivity index is 1.84. The van der Waals surface area contributed by atoms with Crippen molar-refractivity contribution in [2.45, 2.75) is 31.6 Å². The fourth-order valence-electron chi connectivity index (χ4n) is 2.39. The molecule has 3 N–H and O–H groups in total. The minimum absolute atomic E-state index is 0.00189. The van der Waals surface area contributed by atoms with Crippen LogP contribution in [0.1, 0.15) is 18.9 Å². The number of rotatable bonds is 4. The third-order valence-electron chi connectivity index (χ3n) is 3.79. The summed E-state index contributed by atoms with van der Waals surface area (Å²) in [7, 11) is -3.14. The molecule has 1 unspecified atom stereocenters. The summed E-state index contributed by atoms with van der Waals surface area (Å²) in [5.41, 5.74) is -0.688. The molecule has 2 rings (SSSR count). The SMILES string of the molecule is C[C@@H](NC(=O)NC1CCS(=O)(=O)C1)C(=O)Nc1ccc(C(F)(F)F)cc1. The van der Waals surface area contributed by atoms with Crippen LogP contribution >= 0.6 is 0 Å². The van der Waals surface area contributed by atoms with Gasteiger partial charge in [0, 0.05) is 11.7 Å². The summed E-state index contributed by atoms with van der Waals surface area (Å²) in [6.07, 6.45) is -4.16. The van der Waals surface area contributed by atoms with E-state index in [2.05, 4.69) is 16.0 Å². The Morgan fingerprint density at radius 2 is 1.81 bits per heavy atom. The van der Waals surface area contributed by atoms with Crippen molar-refractivity contribution in [3.63, 3.8) is 0 Å². The second kappa shape index (κ2) is 7.52. The standard InChI is InChI=1S/C15H18F3N3O4S/c1-9(19-14(23)21-12-6-7-26(24,25)8-12)13(22)20-11-4-2-10(3-5-11)15(16,17)18/h2-5,9,12H,6-8H2,1H3,(H,20,22)(H2,19,21,23)/t9-,12?/m1/s1. The number of nitrogens with one attached hydrogen (secondary N) is 3. The first-order valence-corrected chi connectivity index (χ1v) is 9.54.